The van der Waals surface area contributed by atoms with Crippen LogP contribution in [0.25, 0.3) is 0 Å². The fraction of sp³-hybridized carbons (Fsp3) is 0.556. The molecular formula is C18H24N6O. The Balaban J connectivity index is 1.46. The van der Waals surface area contributed by atoms with Crippen molar-refractivity contribution in [3.8, 4) is 0 Å². The Labute approximate surface area is 147 Å². The molecular weight excluding hydrogens is 316 g/mol. The van der Waals surface area contributed by atoms with E-state index >= 15 is 0 Å². The SMILES string of the molecule is CC(C)c1nccc(N2CCN(c3nc(C4CC4)cc(=O)[nH]3)CC2)n1. The van der Waals surface area contributed by atoms with Crippen molar-refractivity contribution in [2.75, 3.05) is 36.0 Å². The van der Waals surface area contributed by atoms with Crippen molar-refractivity contribution in [1.29, 1.82) is 0 Å². The minimum atomic E-state index is -0.0493. The van der Waals surface area contributed by atoms with Gasteiger partial charge in [-0.05, 0) is 18.9 Å². The van der Waals surface area contributed by atoms with E-state index in [4.69, 9.17) is 0 Å². The van der Waals surface area contributed by atoms with Crippen molar-refractivity contribution in [3.63, 3.8) is 0 Å². The fourth-order valence-electron chi connectivity index (χ4n) is 3.17. The highest BCUT2D eigenvalue weighted by molar-refractivity contribution is 5.42. The zero-order chi connectivity index (χ0) is 17.4. The molecule has 1 saturated heterocycles. The Morgan fingerprint density at radius 2 is 1.84 bits per heavy atom. The van der Waals surface area contributed by atoms with Gasteiger partial charge in [-0.1, -0.05) is 13.8 Å². The van der Waals surface area contributed by atoms with Gasteiger partial charge >= 0.3 is 0 Å². The number of aromatic amines is 1. The van der Waals surface area contributed by atoms with Gasteiger partial charge < -0.3 is 9.80 Å². The van der Waals surface area contributed by atoms with Crippen molar-refractivity contribution < 1.29 is 0 Å². The van der Waals surface area contributed by atoms with Gasteiger partial charge in [0.25, 0.3) is 5.56 Å². The molecule has 1 aliphatic heterocycles. The second-order valence-corrected chi connectivity index (χ2v) is 7.17. The number of hydrogen-bond donors (Lipinski definition) is 1. The standard InChI is InChI=1S/C18H24N6O/c1-12(2)17-19-6-5-15(21-17)23-7-9-24(10-8-23)18-20-14(13-3-4-13)11-16(25)22-18/h5-6,11-13H,3-4,7-10H2,1-2H3,(H,20,22,25). The summed E-state index contributed by atoms with van der Waals surface area (Å²) >= 11 is 0. The molecule has 2 aromatic heterocycles. The highest BCUT2D eigenvalue weighted by Gasteiger charge is 2.27. The van der Waals surface area contributed by atoms with Gasteiger partial charge in [-0.25, -0.2) is 15.0 Å². The molecule has 132 valence electrons. The van der Waals surface area contributed by atoms with Crippen LogP contribution in [0, 0.1) is 0 Å². The molecule has 2 fully saturated rings. The quantitative estimate of drug-likeness (QED) is 0.916. The molecule has 0 bridgehead atoms. The van der Waals surface area contributed by atoms with Crippen LogP contribution in [0.5, 0.6) is 0 Å². The van der Waals surface area contributed by atoms with Crippen LogP contribution in [0.2, 0.25) is 0 Å². The van der Waals surface area contributed by atoms with Gasteiger partial charge in [0.15, 0.2) is 0 Å². The van der Waals surface area contributed by atoms with E-state index in [1.807, 2.05) is 12.3 Å². The molecule has 0 unspecified atom stereocenters. The van der Waals surface area contributed by atoms with E-state index in [-0.39, 0.29) is 5.56 Å². The number of H-pyrrole nitrogens is 1. The zero-order valence-corrected chi connectivity index (χ0v) is 14.8. The van der Waals surface area contributed by atoms with Crippen molar-refractivity contribution in [1.82, 2.24) is 19.9 Å². The number of nitrogens with one attached hydrogen (secondary N) is 1. The zero-order valence-electron chi connectivity index (χ0n) is 14.8. The maximum absolute atomic E-state index is 11.9. The summed E-state index contributed by atoms with van der Waals surface area (Å²) in [6.45, 7) is 7.55. The Hall–Kier alpha value is -2.44. The summed E-state index contributed by atoms with van der Waals surface area (Å²) in [5.41, 5.74) is 0.894. The van der Waals surface area contributed by atoms with Crippen LogP contribution in [0.15, 0.2) is 23.1 Å². The predicted molar refractivity (Wildman–Crippen MR) is 97.4 cm³/mol. The summed E-state index contributed by atoms with van der Waals surface area (Å²) in [4.78, 5) is 32.9. The Bertz CT molecular complexity index is 805. The van der Waals surface area contributed by atoms with Crippen LogP contribution in [-0.4, -0.2) is 46.1 Å². The summed E-state index contributed by atoms with van der Waals surface area (Å²) in [5.74, 6) is 3.37. The predicted octanol–water partition coefficient (Wildman–Crippen LogP) is 1.89. The molecule has 2 aromatic rings. The third-order valence-electron chi connectivity index (χ3n) is 4.82. The third-order valence-corrected chi connectivity index (χ3v) is 4.82. The first-order chi connectivity index (χ1) is 12.1. The van der Waals surface area contributed by atoms with E-state index in [0.717, 1.165) is 56.4 Å². The molecule has 1 aliphatic carbocycles. The molecule has 4 rings (SSSR count). The van der Waals surface area contributed by atoms with E-state index in [9.17, 15) is 4.79 Å². The minimum Gasteiger partial charge on any atom is -0.353 e. The smallest absolute Gasteiger partial charge is 0.252 e. The molecule has 0 aromatic carbocycles. The first kappa shape index (κ1) is 16.1. The molecule has 0 spiro atoms. The van der Waals surface area contributed by atoms with Crippen LogP contribution in [0.1, 0.15) is 50.0 Å². The molecule has 25 heavy (non-hydrogen) atoms. The third kappa shape index (κ3) is 3.50. The highest BCUT2D eigenvalue weighted by atomic mass is 16.1. The van der Waals surface area contributed by atoms with Crippen molar-refractivity contribution >= 4 is 11.8 Å². The average molecular weight is 340 g/mol. The van der Waals surface area contributed by atoms with Crippen LogP contribution in [0.3, 0.4) is 0 Å². The van der Waals surface area contributed by atoms with Crippen LogP contribution < -0.4 is 15.4 Å². The van der Waals surface area contributed by atoms with Gasteiger partial charge in [0.2, 0.25) is 5.95 Å². The maximum Gasteiger partial charge on any atom is 0.252 e. The number of anilines is 2. The molecule has 1 saturated carbocycles. The monoisotopic (exact) mass is 340 g/mol. The fourth-order valence-corrected chi connectivity index (χ4v) is 3.17. The lowest BCUT2D eigenvalue weighted by atomic mass is 10.2. The largest absolute Gasteiger partial charge is 0.353 e. The highest BCUT2D eigenvalue weighted by Crippen LogP contribution is 2.38. The number of aromatic nitrogens is 4. The van der Waals surface area contributed by atoms with E-state index in [1.54, 1.807) is 6.07 Å². The maximum atomic E-state index is 11.9. The summed E-state index contributed by atoms with van der Waals surface area (Å²) < 4.78 is 0. The van der Waals surface area contributed by atoms with Gasteiger partial charge in [0, 0.05) is 50.3 Å². The lowest BCUT2D eigenvalue weighted by Gasteiger charge is -2.35. The van der Waals surface area contributed by atoms with E-state index in [0.29, 0.717) is 17.8 Å². The normalized spacial score (nSPS) is 18.0. The second kappa shape index (κ2) is 6.46. The first-order valence-corrected chi connectivity index (χ1v) is 9.04. The summed E-state index contributed by atoms with van der Waals surface area (Å²) in [7, 11) is 0. The summed E-state index contributed by atoms with van der Waals surface area (Å²) in [6, 6.07) is 3.61. The van der Waals surface area contributed by atoms with Gasteiger partial charge in [-0.2, -0.15) is 0 Å². The van der Waals surface area contributed by atoms with E-state index < -0.39 is 0 Å². The molecule has 2 aliphatic rings. The molecule has 0 atom stereocenters. The topological polar surface area (TPSA) is 78.0 Å². The van der Waals surface area contributed by atoms with Crippen LogP contribution in [0.4, 0.5) is 11.8 Å². The van der Waals surface area contributed by atoms with E-state index in [1.165, 1.54) is 0 Å². The Morgan fingerprint density at radius 1 is 1.12 bits per heavy atom. The van der Waals surface area contributed by atoms with Gasteiger partial charge in [0.05, 0.1) is 5.69 Å². The molecule has 0 radical (unpaired) electrons. The van der Waals surface area contributed by atoms with Crippen molar-refractivity contribution in [2.45, 2.75) is 38.5 Å². The minimum absolute atomic E-state index is 0.0493. The van der Waals surface area contributed by atoms with Gasteiger partial charge in [0.1, 0.15) is 11.6 Å². The van der Waals surface area contributed by atoms with E-state index in [2.05, 4.69) is 43.6 Å². The number of hydrogen-bond acceptors (Lipinski definition) is 6. The lowest BCUT2D eigenvalue weighted by Crippen LogP contribution is -2.47. The Kier molecular flexibility index (Phi) is 4.15. The van der Waals surface area contributed by atoms with Gasteiger partial charge in [-0.3, -0.25) is 9.78 Å². The van der Waals surface area contributed by atoms with Gasteiger partial charge in [-0.15, -0.1) is 0 Å². The summed E-state index contributed by atoms with van der Waals surface area (Å²) in [5, 5.41) is 0. The molecule has 7 heteroatoms. The summed E-state index contributed by atoms with van der Waals surface area (Å²) in [6.07, 6.45) is 4.13. The van der Waals surface area contributed by atoms with Crippen LogP contribution in [-0.2, 0) is 0 Å². The van der Waals surface area contributed by atoms with Crippen LogP contribution >= 0.6 is 0 Å². The van der Waals surface area contributed by atoms with Crippen molar-refractivity contribution in [2.24, 2.45) is 0 Å². The first-order valence-electron chi connectivity index (χ1n) is 9.04. The average Bonchev–Trinajstić information content (AvgIpc) is 3.47. The number of nitrogens with zero attached hydrogens (tertiary/aromatic N) is 5. The van der Waals surface area contributed by atoms with Crippen molar-refractivity contribution in [3.05, 3.63) is 40.2 Å². The molecule has 7 nitrogen and oxygen atoms in total. The lowest BCUT2D eigenvalue weighted by molar-refractivity contribution is 0.627. The molecule has 3 heterocycles. The number of rotatable bonds is 4. The molecule has 0 amide bonds. The number of piperazine rings is 1. The Morgan fingerprint density at radius 3 is 2.52 bits per heavy atom. The molecule has 1 N–H and O–H groups in total. The second-order valence-electron chi connectivity index (χ2n) is 7.17.